The van der Waals surface area contributed by atoms with E-state index in [0.717, 1.165) is 10.0 Å². The van der Waals surface area contributed by atoms with Gasteiger partial charge in [-0.15, -0.1) is 0 Å². The maximum Gasteiger partial charge on any atom is 0.273 e. The molecule has 0 aromatic heterocycles. The molecule has 2 unspecified atom stereocenters. The number of halogens is 1. The normalized spacial score (nSPS) is 23.1. The van der Waals surface area contributed by atoms with Crippen molar-refractivity contribution in [2.45, 2.75) is 25.9 Å². The van der Waals surface area contributed by atoms with Gasteiger partial charge in [-0.1, -0.05) is 22.9 Å². The van der Waals surface area contributed by atoms with Crippen molar-refractivity contribution in [2.24, 2.45) is 5.92 Å². The highest BCUT2D eigenvalue weighted by molar-refractivity contribution is 9.10. The lowest BCUT2D eigenvalue weighted by Gasteiger charge is -2.05. The second kappa shape index (κ2) is 4.51. The summed E-state index contributed by atoms with van der Waals surface area (Å²) >= 11 is 3.33. The third kappa shape index (κ3) is 2.59. The molecule has 1 aromatic rings. The zero-order chi connectivity index (χ0) is 11.7. The van der Waals surface area contributed by atoms with Crippen molar-refractivity contribution in [3.05, 3.63) is 38.3 Å². The van der Waals surface area contributed by atoms with Gasteiger partial charge >= 0.3 is 0 Å². The predicted molar refractivity (Wildman–Crippen MR) is 65.2 cm³/mol. The Hall–Kier alpha value is -0.940. The van der Waals surface area contributed by atoms with E-state index in [4.69, 9.17) is 0 Å². The Labute approximate surface area is 102 Å². The predicted octanol–water partition coefficient (Wildman–Crippen LogP) is 2.86. The number of nitro benzene ring substituents is 1. The van der Waals surface area contributed by atoms with Crippen LogP contribution in [0.15, 0.2) is 22.7 Å². The first-order chi connectivity index (χ1) is 7.58. The van der Waals surface area contributed by atoms with Gasteiger partial charge in [-0.3, -0.25) is 10.1 Å². The summed E-state index contributed by atoms with van der Waals surface area (Å²) in [5.41, 5.74) is 0.919. The lowest BCUT2D eigenvalue weighted by atomic mass is 10.2. The minimum atomic E-state index is -0.334. The number of benzene rings is 1. The van der Waals surface area contributed by atoms with Crippen LogP contribution in [0.5, 0.6) is 0 Å². The smallest absolute Gasteiger partial charge is 0.273 e. The molecular weight excluding hydrogens is 272 g/mol. The molecule has 2 atom stereocenters. The SMILES string of the molecule is CC1CC1NCc1cc(Br)ccc1[N+](=O)[O-]. The zero-order valence-corrected chi connectivity index (χ0v) is 10.5. The molecule has 4 nitrogen and oxygen atoms in total. The van der Waals surface area contributed by atoms with Gasteiger partial charge in [-0.05, 0) is 24.5 Å². The van der Waals surface area contributed by atoms with E-state index in [1.807, 2.05) is 0 Å². The van der Waals surface area contributed by atoms with E-state index >= 15 is 0 Å². The maximum atomic E-state index is 10.8. The molecule has 16 heavy (non-hydrogen) atoms. The number of rotatable bonds is 4. The topological polar surface area (TPSA) is 55.2 Å². The van der Waals surface area contributed by atoms with E-state index in [2.05, 4.69) is 28.2 Å². The molecule has 1 N–H and O–H groups in total. The molecular formula is C11H13BrN2O2. The van der Waals surface area contributed by atoms with Crippen LogP contribution in [-0.2, 0) is 6.54 Å². The number of nitro groups is 1. The molecule has 1 aliphatic carbocycles. The summed E-state index contributed by atoms with van der Waals surface area (Å²) in [5.74, 6) is 0.700. The van der Waals surface area contributed by atoms with E-state index in [1.54, 1.807) is 12.1 Å². The summed E-state index contributed by atoms with van der Waals surface area (Å²) in [7, 11) is 0. The zero-order valence-electron chi connectivity index (χ0n) is 8.94. The molecule has 0 amide bonds. The molecule has 0 spiro atoms. The Morgan fingerprint density at radius 1 is 1.62 bits per heavy atom. The maximum absolute atomic E-state index is 10.8. The Morgan fingerprint density at radius 3 is 2.88 bits per heavy atom. The summed E-state index contributed by atoms with van der Waals surface area (Å²) in [6, 6.07) is 5.57. The molecule has 86 valence electrons. The molecule has 0 bridgehead atoms. The van der Waals surface area contributed by atoms with Gasteiger partial charge in [0, 0.05) is 28.7 Å². The summed E-state index contributed by atoms with van der Waals surface area (Å²) in [6.07, 6.45) is 1.17. The van der Waals surface area contributed by atoms with Gasteiger partial charge in [-0.25, -0.2) is 0 Å². The van der Waals surface area contributed by atoms with Crippen LogP contribution in [0.2, 0.25) is 0 Å². The monoisotopic (exact) mass is 284 g/mol. The van der Waals surface area contributed by atoms with E-state index in [0.29, 0.717) is 18.5 Å². The van der Waals surface area contributed by atoms with Gasteiger partial charge in [0.05, 0.1) is 4.92 Å². The summed E-state index contributed by atoms with van der Waals surface area (Å²) < 4.78 is 0.874. The second-order valence-corrected chi connectivity index (χ2v) is 5.15. The van der Waals surface area contributed by atoms with E-state index < -0.39 is 0 Å². The van der Waals surface area contributed by atoms with E-state index in [1.165, 1.54) is 12.5 Å². The fourth-order valence-corrected chi connectivity index (χ4v) is 2.13. The Balaban J connectivity index is 2.10. The van der Waals surface area contributed by atoms with Crippen LogP contribution < -0.4 is 5.32 Å². The highest BCUT2D eigenvalue weighted by atomic mass is 79.9. The number of nitrogens with one attached hydrogen (secondary N) is 1. The largest absolute Gasteiger partial charge is 0.309 e. The molecule has 2 rings (SSSR count). The Bertz CT molecular complexity index is 422. The number of nitrogens with zero attached hydrogens (tertiary/aromatic N) is 1. The van der Waals surface area contributed by atoms with Crippen LogP contribution in [0.4, 0.5) is 5.69 Å². The lowest BCUT2D eigenvalue weighted by Crippen LogP contribution is -2.17. The van der Waals surface area contributed by atoms with Crippen molar-refractivity contribution in [2.75, 3.05) is 0 Å². The van der Waals surface area contributed by atoms with Gasteiger partial charge in [0.25, 0.3) is 5.69 Å². The van der Waals surface area contributed by atoms with Crippen molar-refractivity contribution in [3.8, 4) is 0 Å². The average Bonchev–Trinajstić information content (AvgIpc) is 2.91. The highest BCUT2D eigenvalue weighted by Crippen LogP contribution is 2.30. The first-order valence-electron chi connectivity index (χ1n) is 5.24. The fourth-order valence-electron chi connectivity index (χ4n) is 1.72. The number of hydrogen-bond acceptors (Lipinski definition) is 3. The molecule has 0 aliphatic heterocycles. The van der Waals surface area contributed by atoms with Crippen LogP contribution in [0, 0.1) is 16.0 Å². The highest BCUT2D eigenvalue weighted by Gasteiger charge is 2.32. The van der Waals surface area contributed by atoms with Gasteiger partial charge in [-0.2, -0.15) is 0 Å². The molecule has 5 heteroatoms. The number of hydrogen-bond donors (Lipinski definition) is 1. The van der Waals surface area contributed by atoms with Gasteiger partial charge in [0.15, 0.2) is 0 Å². The molecule has 0 heterocycles. The van der Waals surface area contributed by atoms with Crippen molar-refractivity contribution < 1.29 is 4.92 Å². The van der Waals surface area contributed by atoms with Crippen molar-refractivity contribution in [3.63, 3.8) is 0 Å². The van der Waals surface area contributed by atoms with Crippen molar-refractivity contribution in [1.82, 2.24) is 5.32 Å². The van der Waals surface area contributed by atoms with Gasteiger partial charge in [0.2, 0.25) is 0 Å². The Kier molecular flexibility index (Phi) is 3.25. The molecule has 1 aromatic carbocycles. The second-order valence-electron chi connectivity index (χ2n) is 4.23. The van der Waals surface area contributed by atoms with Crippen LogP contribution in [0.25, 0.3) is 0 Å². The minimum absolute atomic E-state index is 0.184. The summed E-state index contributed by atoms with van der Waals surface area (Å²) in [5, 5.41) is 14.1. The summed E-state index contributed by atoms with van der Waals surface area (Å²) in [6.45, 7) is 2.73. The standard InChI is InChI=1S/C11H13BrN2O2/c1-7-4-10(7)13-6-8-5-9(12)2-3-11(8)14(15)16/h2-3,5,7,10,13H,4,6H2,1H3. The fraction of sp³-hybridized carbons (Fsp3) is 0.455. The minimum Gasteiger partial charge on any atom is -0.309 e. The van der Waals surface area contributed by atoms with E-state index in [9.17, 15) is 10.1 Å². The Morgan fingerprint density at radius 2 is 2.31 bits per heavy atom. The first kappa shape index (κ1) is 11.5. The van der Waals surface area contributed by atoms with E-state index in [-0.39, 0.29) is 10.6 Å². The molecule has 1 saturated carbocycles. The average molecular weight is 285 g/mol. The third-order valence-corrected chi connectivity index (χ3v) is 3.40. The lowest BCUT2D eigenvalue weighted by molar-refractivity contribution is -0.385. The molecule has 1 aliphatic rings. The first-order valence-corrected chi connectivity index (χ1v) is 6.03. The van der Waals surface area contributed by atoms with Crippen LogP contribution in [0.1, 0.15) is 18.9 Å². The van der Waals surface area contributed by atoms with Crippen molar-refractivity contribution in [1.29, 1.82) is 0 Å². The molecule has 0 radical (unpaired) electrons. The molecule has 1 fully saturated rings. The quantitative estimate of drug-likeness (QED) is 0.683. The third-order valence-electron chi connectivity index (χ3n) is 2.90. The van der Waals surface area contributed by atoms with Gasteiger partial charge < -0.3 is 5.32 Å². The van der Waals surface area contributed by atoms with Gasteiger partial charge in [0.1, 0.15) is 0 Å². The van der Waals surface area contributed by atoms with Crippen molar-refractivity contribution >= 4 is 21.6 Å². The van der Waals surface area contributed by atoms with Crippen LogP contribution in [0.3, 0.4) is 0 Å². The summed E-state index contributed by atoms with van der Waals surface area (Å²) in [4.78, 5) is 10.5. The molecule has 0 saturated heterocycles. The van der Waals surface area contributed by atoms with Crippen LogP contribution in [-0.4, -0.2) is 11.0 Å². The van der Waals surface area contributed by atoms with Crippen LogP contribution >= 0.6 is 15.9 Å².